The van der Waals surface area contributed by atoms with Crippen molar-refractivity contribution < 1.29 is 18.4 Å². The molecule has 4 rings (SSSR count). The van der Waals surface area contributed by atoms with E-state index in [0.717, 1.165) is 17.3 Å². The second-order valence-corrected chi connectivity index (χ2v) is 7.44. The molecule has 0 bridgehead atoms. The summed E-state index contributed by atoms with van der Waals surface area (Å²) in [5, 5.41) is 10.4. The Kier molecular flexibility index (Phi) is 4.87. The van der Waals surface area contributed by atoms with Gasteiger partial charge in [0, 0.05) is 36.7 Å². The van der Waals surface area contributed by atoms with E-state index in [1.165, 1.54) is 22.4 Å². The van der Waals surface area contributed by atoms with Crippen LogP contribution >= 0.6 is 11.3 Å². The summed E-state index contributed by atoms with van der Waals surface area (Å²) in [6.07, 6.45) is 3.36. The van der Waals surface area contributed by atoms with Gasteiger partial charge in [-0.05, 0) is 23.6 Å². The van der Waals surface area contributed by atoms with Crippen LogP contribution < -0.4 is 5.32 Å². The first kappa shape index (κ1) is 19.2. The Labute approximate surface area is 168 Å². The quantitative estimate of drug-likeness (QED) is 0.662. The minimum absolute atomic E-state index is 0.131. The number of hydrogen-bond acceptors (Lipinski definition) is 5. The highest BCUT2D eigenvalue weighted by Crippen LogP contribution is 2.30. The molecule has 1 fully saturated rings. The predicted octanol–water partition coefficient (Wildman–Crippen LogP) is 2.61. The maximum absolute atomic E-state index is 14.2. The van der Waals surface area contributed by atoms with Gasteiger partial charge in [-0.25, -0.2) is 18.3 Å². The van der Waals surface area contributed by atoms with Crippen molar-refractivity contribution in [2.45, 2.75) is 18.4 Å². The van der Waals surface area contributed by atoms with Gasteiger partial charge < -0.3 is 10.2 Å². The number of likely N-dealkylation sites (tertiary alicyclic amines) is 1. The van der Waals surface area contributed by atoms with Gasteiger partial charge in [0.2, 0.25) is 5.91 Å². The van der Waals surface area contributed by atoms with Crippen LogP contribution in [0, 0.1) is 0 Å². The fourth-order valence-corrected chi connectivity index (χ4v) is 3.96. The highest BCUT2D eigenvalue weighted by atomic mass is 32.1. The van der Waals surface area contributed by atoms with E-state index in [0.29, 0.717) is 5.65 Å². The number of hydrogen-bond donors (Lipinski definition) is 1. The lowest BCUT2D eigenvalue weighted by Gasteiger charge is -2.38. The average molecular weight is 417 g/mol. The average Bonchev–Trinajstić information content (AvgIpc) is 3.38. The van der Waals surface area contributed by atoms with Crippen LogP contribution in [0.15, 0.2) is 47.9 Å². The number of carbonyl (C=O) groups is 2. The van der Waals surface area contributed by atoms with Crippen molar-refractivity contribution in [1.82, 2.24) is 24.8 Å². The monoisotopic (exact) mass is 417 g/mol. The number of thiophene rings is 1. The number of amides is 2. The van der Waals surface area contributed by atoms with Crippen LogP contribution in [0.25, 0.3) is 16.9 Å². The minimum Gasteiger partial charge on any atom is -0.342 e. The molecule has 0 saturated carbocycles. The summed E-state index contributed by atoms with van der Waals surface area (Å²) < 4.78 is 29.9. The van der Waals surface area contributed by atoms with Crippen LogP contribution in [-0.2, 0) is 4.79 Å². The molecule has 150 valence electrons. The Hall–Kier alpha value is -3.14. The number of rotatable bonds is 4. The van der Waals surface area contributed by atoms with E-state index >= 15 is 0 Å². The van der Waals surface area contributed by atoms with Crippen LogP contribution in [0.1, 0.15) is 16.8 Å². The summed E-state index contributed by atoms with van der Waals surface area (Å²) in [4.78, 5) is 30.1. The minimum atomic E-state index is -3.11. The normalized spacial score (nSPS) is 18.6. The molecule has 1 N–H and O–H groups in total. The molecule has 4 heterocycles. The lowest BCUT2D eigenvalue weighted by atomic mass is 10.00. The van der Waals surface area contributed by atoms with Crippen LogP contribution in [0.5, 0.6) is 0 Å². The van der Waals surface area contributed by atoms with Crippen molar-refractivity contribution in [1.29, 1.82) is 0 Å². The molecule has 1 saturated heterocycles. The van der Waals surface area contributed by atoms with Crippen molar-refractivity contribution in [3.05, 3.63) is 53.5 Å². The maximum atomic E-state index is 14.2. The Balaban J connectivity index is 1.63. The lowest BCUT2D eigenvalue weighted by Crippen LogP contribution is -2.59. The van der Waals surface area contributed by atoms with Gasteiger partial charge in [-0.3, -0.25) is 9.59 Å². The van der Waals surface area contributed by atoms with Gasteiger partial charge in [0.05, 0.1) is 11.9 Å². The third-order valence-electron chi connectivity index (χ3n) is 4.87. The highest BCUT2D eigenvalue weighted by molar-refractivity contribution is 7.08. The van der Waals surface area contributed by atoms with Gasteiger partial charge in [0.25, 0.3) is 11.8 Å². The van der Waals surface area contributed by atoms with Gasteiger partial charge in [-0.2, -0.15) is 16.4 Å². The fourth-order valence-electron chi connectivity index (χ4n) is 3.31. The summed E-state index contributed by atoms with van der Waals surface area (Å²) in [7, 11) is 0. The Morgan fingerprint density at radius 2 is 2.21 bits per heavy atom. The number of alkyl halides is 2. The van der Waals surface area contributed by atoms with E-state index < -0.39 is 30.2 Å². The summed E-state index contributed by atoms with van der Waals surface area (Å²) in [5.41, 5.74) is 2.29. The largest absolute Gasteiger partial charge is 0.342 e. The number of aromatic nitrogens is 3. The predicted molar refractivity (Wildman–Crippen MR) is 104 cm³/mol. The Bertz CT molecular complexity index is 1080. The molecule has 0 spiro atoms. The molecule has 10 heteroatoms. The number of fused-ring (bicyclic) bond motifs is 1. The van der Waals surface area contributed by atoms with Gasteiger partial charge >= 0.3 is 0 Å². The molecule has 2 amide bonds. The third-order valence-corrected chi connectivity index (χ3v) is 5.55. The number of carbonyl (C=O) groups excluding carboxylic acids is 2. The zero-order valence-corrected chi connectivity index (χ0v) is 16.0. The summed E-state index contributed by atoms with van der Waals surface area (Å²) in [6, 6.07) is 2.24. The van der Waals surface area contributed by atoms with Gasteiger partial charge in [0.15, 0.2) is 5.65 Å². The molecule has 7 nitrogen and oxygen atoms in total. The molecule has 3 aromatic heterocycles. The van der Waals surface area contributed by atoms with E-state index in [9.17, 15) is 18.4 Å². The number of nitrogens with one attached hydrogen (secondary N) is 1. The number of halogens is 2. The molecule has 1 atom stereocenters. The molecule has 29 heavy (non-hydrogen) atoms. The molecule has 1 aliphatic heterocycles. The second kappa shape index (κ2) is 7.36. The van der Waals surface area contributed by atoms with Gasteiger partial charge in [0.1, 0.15) is 11.6 Å². The SMILES string of the molecule is C=CC(=O)NC1CN(C(=O)c2cnn3c(-c4ccsc4)ccnc23)CCC1(F)F. The van der Waals surface area contributed by atoms with Crippen molar-refractivity contribution in [2.24, 2.45) is 0 Å². The van der Waals surface area contributed by atoms with E-state index in [2.05, 4.69) is 22.0 Å². The van der Waals surface area contributed by atoms with Crippen LogP contribution in [0.4, 0.5) is 8.78 Å². The van der Waals surface area contributed by atoms with E-state index in [4.69, 9.17) is 0 Å². The van der Waals surface area contributed by atoms with Crippen LogP contribution in [-0.4, -0.2) is 56.4 Å². The van der Waals surface area contributed by atoms with E-state index in [-0.39, 0.29) is 18.7 Å². The molecular formula is C19H17F2N5O2S. The number of piperidine rings is 1. The highest BCUT2D eigenvalue weighted by Gasteiger charge is 2.46. The summed E-state index contributed by atoms with van der Waals surface area (Å²) in [6.45, 7) is 2.83. The smallest absolute Gasteiger partial charge is 0.271 e. The summed E-state index contributed by atoms with van der Waals surface area (Å²) in [5.74, 6) is -4.27. The zero-order valence-electron chi connectivity index (χ0n) is 15.2. The molecule has 0 radical (unpaired) electrons. The third kappa shape index (κ3) is 3.51. The standard InChI is InChI=1S/C19H17F2N5O2S/c1-2-16(27)24-15-10-25(7-5-19(15,20)21)18(28)13-9-23-26-14(3-6-22-17(13)26)12-4-8-29-11-12/h2-4,6,8-9,11,15H,1,5,7,10H2,(H,24,27). The lowest BCUT2D eigenvalue weighted by molar-refractivity contribution is -0.124. The van der Waals surface area contributed by atoms with E-state index in [1.807, 2.05) is 16.8 Å². The van der Waals surface area contributed by atoms with Crippen LogP contribution in [0.3, 0.4) is 0 Å². The van der Waals surface area contributed by atoms with E-state index in [1.54, 1.807) is 16.8 Å². The molecule has 0 aliphatic carbocycles. The van der Waals surface area contributed by atoms with Crippen molar-refractivity contribution in [2.75, 3.05) is 13.1 Å². The Morgan fingerprint density at radius 1 is 1.38 bits per heavy atom. The second-order valence-electron chi connectivity index (χ2n) is 6.66. The fraction of sp³-hybridized carbons (Fsp3) is 0.263. The Morgan fingerprint density at radius 3 is 2.93 bits per heavy atom. The topological polar surface area (TPSA) is 79.6 Å². The first-order valence-electron chi connectivity index (χ1n) is 8.86. The van der Waals surface area contributed by atoms with Crippen molar-refractivity contribution in [3.63, 3.8) is 0 Å². The molecule has 1 aliphatic rings. The summed E-state index contributed by atoms with van der Waals surface area (Å²) >= 11 is 1.54. The number of nitrogens with zero attached hydrogens (tertiary/aromatic N) is 4. The van der Waals surface area contributed by atoms with Gasteiger partial charge in [-0.1, -0.05) is 6.58 Å². The molecule has 0 aromatic carbocycles. The molecule has 3 aromatic rings. The first-order valence-corrected chi connectivity index (χ1v) is 9.80. The zero-order chi connectivity index (χ0) is 20.6. The van der Waals surface area contributed by atoms with Crippen molar-refractivity contribution >= 4 is 28.8 Å². The van der Waals surface area contributed by atoms with Crippen LogP contribution in [0.2, 0.25) is 0 Å². The van der Waals surface area contributed by atoms with Gasteiger partial charge in [-0.15, -0.1) is 0 Å². The first-order chi connectivity index (χ1) is 13.9. The molecule has 1 unspecified atom stereocenters. The van der Waals surface area contributed by atoms with Crippen molar-refractivity contribution in [3.8, 4) is 11.3 Å². The molecular weight excluding hydrogens is 400 g/mol. The maximum Gasteiger partial charge on any atom is 0.271 e.